The van der Waals surface area contributed by atoms with E-state index in [2.05, 4.69) is 5.32 Å². The zero-order valence-electron chi connectivity index (χ0n) is 20.3. The fourth-order valence-electron chi connectivity index (χ4n) is 4.51. The number of hydrogen-bond donors (Lipinski definition) is 1. The summed E-state index contributed by atoms with van der Waals surface area (Å²) in [5.74, 6) is 0.582. The molecule has 0 saturated heterocycles. The molecule has 1 saturated carbocycles. The van der Waals surface area contributed by atoms with Gasteiger partial charge in [0.1, 0.15) is 24.7 Å². The average molecular weight is 508 g/mol. The van der Waals surface area contributed by atoms with Gasteiger partial charge < -0.3 is 19.9 Å². The summed E-state index contributed by atoms with van der Waals surface area (Å²) in [6.07, 6.45) is 2.95. The summed E-state index contributed by atoms with van der Waals surface area (Å²) >= 11 is 1.69. The van der Waals surface area contributed by atoms with E-state index in [1.807, 2.05) is 47.5 Å². The van der Waals surface area contributed by atoms with Gasteiger partial charge in [0.15, 0.2) is 0 Å². The number of fused-ring (bicyclic) bond motifs is 1. The molecule has 2 heterocycles. The zero-order chi connectivity index (χ0) is 25.1. The number of thiophene rings is 1. The Morgan fingerprint density at radius 1 is 1.11 bits per heavy atom. The fraction of sp³-hybridized carbons (Fsp3) is 0.357. The number of anilines is 1. The second kappa shape index (κ2) is 10.7. The number of nitrogens with zero attached hydrogens (tertiary/aromatic N) is 2. The van der Waals surface area contributed by atoms with Crippen LogP contribution in [0.4, 0.5) is 14.9 Å². The van der Waals surface area contributed by atoms with Crippen LogP contribution in [0.25, 0.3) is 0 Å². The van der Waals surface area contributed by atoms with Gasteiger partial charge >= 0.3 is 6.03 Å². The van der Waals surface area contributed by atoms with Crippen LogP contribution in [0.5, 0.6) is 5.75 Å². The second-order valence-corrected chi connectivity index (χ2v) is 10.5. The fourth-order valence-corrected chi connectivity index (χ4v) is 5.43. The Labute approximate surface area is 214 Å². The number of benzene rings is 2. The summed E-state index contributed by atoms with van der Waals surface area (Å²) in [7, 11) is 0. The van der Waals surface area contributed by atoms with Gasteiger partial charge in [-0.15, -0.1) is 11.3 Å². The summed E-state index contributed by atoms with van der Waals surface area (Å²) in [5, 5.41) is 4.99. The molecule has 188 valence electrons. The highest BCUT2D eigenvalue weighted by Gasteiger charge is 2.35. The van der Waals surface area contributed by atoms with E-state index < -0.39 is 0 Å². The number of urea groups is 1. The number of rotatable bonds is 8. The Morgan fingerprint density at radius 3 is 2.58 bits per heavy atom. The second-order valence-electron chi connectivity index (χ2n) is 9.54. The Kier molecular flexibility index (Phi) is 7.23. The molecule has 1 N–H and O–H groups in total. The number of nitrogens with one attached hydrogen (secondary N) is 1. The van der Waals surface area contributed by atoms with Crippen molar-refractivity contribution >= 4 is 29.0 Å². The Balaban J connectivity index is 1.29. The van der Waals surface area contributed by atoms with Gasteiger partial charge in [0.2, 0.25) is 5.91 Å². The number of amides is 3. The van der Waals surface area contributed by atoms with Gasteiger partial charge in [-0.25, -0.2) is 9.18 Å². The Bertz CT molecular complexity index is 1210. The van der Waals surface area contributed by atoms with Crippen molar-refractivity contribution in [3.8, 4) is 5.75 Å². The number of carbonyl (C=O) groups excluding carboxylic acids is 2. The molecule has 2 aliphatic rings. The molecule has 0 bridgehead atoms. The largest absolute Gasteiger partial charge is 0.491 e. The highest BCUT2D eigenvalue weighted by molar-refractivity contribution is 7.10. The Morgan fingerprint density at radius 2 is 1.86 bits per heavy atom. The maximum atomic E-state index is 13.6. The maximum absolute atomic E-state index is 13.6. The lowest BCUT2D eigenvalue weighted by Crippen LogP contribution is -2.49. The topological polar surface area (TPSA) is 61.9 Å². The molecule has 1 fully saturated rings. The van der Waals surface area contributed by atoms with E-state index in [1.165, 1.54) is 17.0 Å². The molecule has 1 aliphatic heterocycles. The quantitative estimate of drug-likeness (QED) is 0.429. The lowest BCUT2D eigenvalue weighted by Gasteiger charge is -2.37. The summed E-state index contributed by atoms with van der Waals surface area (Å²) in [6, 6.07) is 15.1. The van der Waals surface area contributed by atoms with Crippen molar-refractivity contribution in [1.29, 1.82) is 0 Å². The molecule has 0 radical (unpaired) electrons. The molecule has 3 amide bonds. The van der Waals surface area contributed by atoms with Crippen LogP contribution in [0.3, 0.4) is 0 Å². The lowest BCUT2D eigenvalue weighted by molar-refractivity contribution is -0.135. The minimum atomic E-state index is -0.323. The van der Waals surface area contributed by atoms with Gasteiger partial charge in [-0.2, -0.15) is 0 Å². The van der Waals surface area contributed by atoms with Crippen molar-refractivity contribution in [2.24, 2.45) is 5.92 Å². The molecular formula is C28H30FN3O3S. The molecule has 1 aromatic heterocycles. The van der Waals surface area contributed by atoms with Crippen LogP contribution in [0, 0.1) is 18.7 Å². The molecule has 1 aliphatic carbocycles. The van der Waals surface area contributed by atoms with E-state index in [9.17, 15) is 14.0 Å². The van der Waals surface area contributed by atoms with Gasteiger partial charge in [-0.3, -0.25) is 4.79 Å². The molecule has 5 rings (SSSR count). The maximum Gasteiger partial charge on any atom is 0.322 e. The van der Waals surface area contributed by atoms with Crippen molar-refractivity contribution in [3.05, 3.63) is 81.8 Å². The number of carbonyl (C=O) groups is 2. The highest BCUT2D eigenvalue weighted by atomic mass is 32.1. The molecule has 36 heavy (non-hydrogen) atoms. The van der Waals surface area contributed by atoms with E-state index in [4.69, 9.17) is 4.74 Å². The van der Waals surface area contributed by atoms with Crippen molar-refractivity contribution in [3.63, 3.8) is 0 Å². The third-order valence-corrected chi connectivity index (χ3v) is 7.72. The standard InChI is InChI=1S/C28H30FN3O3S/c1-19-2-8-22(9-3-19)30-28(34)31(16-20-4-5-20)17-27(33)32-14-12-26-24(13-15-36-26)25(32)18-35-23-10-6-21(29)7-11-23/h2-3,6-11,13,15,20,25H,4-5,12,14,16-18H2,1H3,(H,30,34)/t25-/m1/s1. The van der Waals surface area contributed by atoms with Crippen LogP contribution >= 0.6 is 11.3 Å². The summed E-state index contributed by atoms with van der Waals surface area (Å²) in [6.45, 7) is 3.41. The van der Waals surface area contributed by atoms with Gasteiger partial charge in [0.05, 0.1) is 6.04 Å². The molecule has 0 spiro atoms. The lowest BCUT2D eigenvalue weighted by atomic mass is 10.0. The molecule has 3 aromatic rings. The average Bonchev–Trinajstić information content (AvgIpc) is 3.56. The first-order chi connectivity index (χ1) is 17.5. The third-order valence-electron chi connectivity index (χ3n) is 6.73. The highest BCUT2D eigenvalue weighted by Crippen LogP contribution is 2.34. The van der Waals surface area contributed by atoms with Gasteiger partial charge in [0.25, 0.3) is 0 Å². The molecule has 6 nitrogen and oxygen atoms in total. The minimum absolute atomic E-state index is 0.0146. The van der Waals surface area contributed by atoms with E-state index in [1.54, 1.807) is 28.4 Å². The monoisotopic (exact) mass is 507 g/mol. The third kappa shape index (κ3) is 5.87. The number of halogens is 1. The molecular weight excluding hydrogens is 477 g/mol. The van der Waals surface area contributed by atoms with Gasteiger partial charge in [-0.05, 0) is 85.5 Å². The first-order valence-corrected chi connectivity index (χ1v) is 13.2. The van der Waals surface area contributed by atoms with E-state index in [-0.39, 0.29) is 36.9 Å². The summed E-state index contributed by atoms with van der Waals surface area (Å²) in [4.78, 5) is 31.5. The molecule has 1 atom stereocenters. The van der Waals surface area contributed by atoms with Crippen molar-refractivity contribution in [2.75, 3.05) is 31.6 Å². The predicted octanol–water partition coefficient (Wildman–Crippen LogP) is 5.64. The first-order valence-electron chi connectivity index (χ1n) is 12.3. The molecule has 0 unspecified atom stereocenters. The van der Waals surface area contributed by atoms with Crippen LogP contribution in [0.1, 0.15) is 34.9 Å². The van der Waals surface area contributed by atoms with Gasteiger partial charge in [-0.1, -0.05) is 17.7 Å². The van der Waals surface area contributed by atoms with Crippen molar-refractivity contribution in [1.82, 2.24) is 9.80 Å². The van der Waals surface area contributed by atoms with Crippen LogP contribution in [-0.2, 0) is 11.2 Å². The normalized spacial score (nSPS) is 16.8. The van der Waals surface area contributed by atoms with Gasteiger partial charge in [0, 0.05) is 23.7 Å². The zero-order valence-corrected chi connectivity index (χ0v) is 21.1. The SMILES string of the molecule is Cc1ccc(NC(=O)N(CC(=O)N2CCc3sccc3[C@H]2COc2ccc(F)cc2)CC2CC2)cc1. The summed E-state index contributed by atoms with van der Waals surface area (Å²) in [5.41, 5.74) is 2.91. The predicted molar refractivity (Wildman–Crippen MR) is 139 cm³/mol. The first kappa shape index (κ1) is 24.3. The smallest absolute Gasteiger partial charge is 0.322 e. The van der Waals surface area contributed by atoms with Crippen molar-refractivity contribution in [2.45, 2.75) is 32.2 Å². The van der Waals surface area contributed by atoms with E-state index in [0.29, 0.717) is 30.4 Å². The Hall–Kier alpha value is -3.39. The van der Waals surface area contributed by atoms with Crippen LogP contribution in [0.15, 0.2) is 60.0 Å². The van der Waals surface area contributed by atoms with Crippen LogP contribution < -0.4 is 10.1 Å². The van der Waals surface area contributed by atoms with E-state index >= 15 is 0 Å². The van der Waals surface area contributed by atoms with Crippen LogP contribution in [0.2, 0.25) is 0 Å². The van der Waals surface area contributed by atoms with Crippen molar-refractivity contribution < 1.29 is 18.7 Å². The summed E-state index contributed by atoms with van der Waals surface area (Å²) < 4.78 is 19.3. The number of ether oxygens (including phenoxy) is 1. The molecule has 8 heteroatoms. The number of aryl methyl sites for hydroxylation is 1. The minimum Gasteiger partial charge on any atom is -0.491 e. The molecule has 2 aromatic carbocycles. The van der Waals surface area contributed by atoms with Crippen LogP contribution in [-0.4, -0.2) is 48.0 Å². The van der Waals surface area contributed by atoms with E-state index in [0.717, 1.165) is 30.4 Å². The number of hydrogen-bond acceptors (Lipinski definition) is 4.